The third kappa shape index (κ3) is 4.23. The maximum Gasteiger partial charge on any atom is 0.325 e. The van der Waals surface area contributed by atoms with Crippen LogP contribution in [-0.4, -0.2) is 51.9 Å². The number of nitrogens with one attached hydrogen (secondary N) is 1. The summed E-state index contributed by atoms with van der Waals surface area (Å²) in [5, 5.41) is 4.60. The number of carbonyl (C=O) groups excluding carboxylic acids is 3. The molecule has 1 aliphatic rings. The van der Waals surface area contributed by atoms with Gasteiger partial charge < -0.3 is 19.5 Å². The molecule has 8 heteroatoms. The van der Waals surface area contributed by atoms with E-state index in [4.69, 9.17) is 4.74 Å². The van der Waals surface area contributed by atoms with Crippen molar-refractivity contribution in [3.8, 4) is 0 Å². The first-order valence-electron chi connectivity index (χ1n) is 11.7. The molecule has 2 aromatic heterocycles. The Morgan fingerprint density at radius 2 is 1.83 bits per heavy atom. The number of hydrogen-bond acceptors (Lipinski definition) is 5. The first-order valence-corrected chi connectivity index (χ1v) is 11.7. The average molecular weight is 471 g/mol. The molecule has 8 nitrogen and oxygen atoms in total. The van der Waals surface area contributed by atoms with Crippen molar-refractivity contribution in [1.82, 2.24) is 19.8 Å². The van der Waals surface area contributed by atoms with Gasteiger partial charge >= 0.3 is 5.97 Å². The van der Waals surface area contributed by atoms with E-state index >= 15 is 0 Å². The molecule has 1 atom stereocenters. The maximum atomic E-state index is 13.6. The van der Waals surface area contributed by atoms with Crippen LogP contribution in [0.2, 0.25) is 0 Å². The van der Waals surface area contributed by atoms with Gasteiger partial charge in [0.1, 0.15) is 13.1 Å². The Kier molecular flexibility index (Phi) is 6.18. The van der Waals surface area contributed by atoms with Crippen LogP contribution in [0.4, 0.5) is 0 Å². The zero-order valence-corrected chi connectivity index (χ0v) is 19.4. The van der Waals surface area contributed by atoms with Crippen LogP contribution < -0.4 is 5.32 Å². The minimum Gasteiger partial charge on any atom is -0.465 e. The van der Waals surface area contributed by atoms with Crippen LogP contribution in [0, 0.1) is 0 Å². The maximum absolute atomic E-state index is 13.6. The lowest BCUT2D eigenvalue weighted by Crippen LogP contribution is -2.46. The molecule has 0 bridgehead atoms. The number of esters is 1. The SMILES string of the molecule is CCOC(=O)CNC(=O)C1c2nccc3c4ccccc4n(c23)CC(=O)N1CCc1ccccc1. The Balaban J connectivity index is 1.59. The van der Waals surface area contributed by atoms with Crippen LogP contribution in [0.25, 0.3) is 21.8 Å². The van der Waals surface area contributed by atoms with Gasteiger partial charge in [0.05, 0.1) is 17.8 Å². The predicted molar refractivity (Wildman–Crippen MR) is 131 cm³/mol. The number of para-hydroxylation sites is 1. The lowest BCUT2D eigenvalue weighted by Gasteiger charge is -2.29. The van der Waals surface area contributed by atoms with E-state index in [0.717, 1.165) is 27.4 Å². The van der Waals surface area contributed by atoms with Crippen molar-refractivity contribution in [1.29, 1.82) is 0 Å². The monoisotopic (exact) mass is 470 g/mol. The lowest BCUT2D eigenvalue weighted by molar-refractivity contribution is -0.145. The second-order valence-electron chi connectivity index (χ2n) is 8.44. The minimum absolute atomic E-state index is 0.0964. The second kappa shape index (κ2) is 9.58. The van der Waals surface area contributed by atoms with Crippen molar-refractivity contribution in [2.45, 2.75) is 25.9 Å². The quantitative estimate of drug-likeness (QED) is 0.419. The number of pyridine rings is 1. The van der Waals surface area contributed by atoms with Crippen molar-refractivity contribution in [3.63, 3.8) is 0 Å². The molecule has 3 heterocycles. The number of carbonyl (C=O) groups is 3. The lowest BCUT2D eigenvalue weighted by atomic mass is 10.1. The van der Waals surface area contributed by atoms with E-state index in [-0.39, 0.29) is 25.6 Å². The number of ether oxygens (including phenoxy) is 1. The Labute approximate surface area is 202 Å². The molecule has 35 heavy (non-hydrogen) atoms. The molecular weight excluding hydrogens is 444 g/mol. The van der Waals surface area contributed by atoms with Crippen LogP contribution in [0.15, 0.2) is 66.9 Å². The highest BCUT2D eigenvalue weighted by Gasteiger charge is 2.38. The number of benzene rings is 2. The number of hydrogen-bond donors (Lipinski definition) is 1. The molecule has 2 aromatic carbocycles. The second-order valence-corrected chi connectivity index (χ2v) is 8.44. The summed E-state index contributed by atoms with van der Waals surface area (Å²) in [7, 11) is 0. The van der Waals surface area contributed by atoms with Gasteiger partial charge in [-0.2, -0.15) is 0 Å². The highest BCUT2D eigenvalue weighted by atomic mass is 16.5. The summed E-state index contributed by atoms with van der Waals surface area (Å²) in [6, 6.07) is 18.6. The summed E-state index contributed by atoms with van der Waals surface area (Å²) in [6.07, 6.45) is 2.26. The Bertz CT molecular complexity index is 1410. The van der Waals surface area contributed by atoms with E-state index in [9.17, 15) is 14.4 Å². The number of amides is 2. The molecule has 0 radical (unpaired) electrons. The van der Waals surface area contributed by atoms with E-state index < -0.39 is 17.9 Å². The van der Waals surface area contributed by atoms with E-state index in [0.29, 0.717) is 18.7 Å². The van der Waals surface area contributed by atoms with E-state index in [1.807, 2.05) is 65.2 Å². The van der Waals surface area contributed by atoms with Gasteiger partial charge in [0.2, 0.25) is 11.8 Å². The summed E-state index contributed by atoms with van der Waals surface area (Å²) in [5.41, 5.74) is 3.24. The Hall–Kier alpha value is -4.20. The summed E-state index contributed by atoms with van der Waals surface area (Å²) in [5.74, 6) is -1.17. The molecule has 4 aromatic rings. The summed E-state index contributed by atoms with van der Waals surface area (Å²) < 4.78 is 6.91. The highest BCUT2D eigenvalue weighted by molar-refractivity contribution is 6.11. The number of aromatic nitrogens is 2. The highest BCUT2D eigenvalue weighted by Crippen LogP contribution is 2.36. The molecular formula is C27H26N4O4. The molecule has 0 fully saturated rings. The fourth-order valence-corrected chi connectivity index (χ4v) is 4.79. The molecule has 0 saturated heterocycles. The van der Waals surface area contributed by atoms with Crippen LogP contribution in [0.3, 0.4) is 0 Å². The van der Waals surface area contributed by atoms with E-state index in [1.54, 1.807) is 18.0 Å². The molecule has 1 aliphatic heterocycles. The molecule has 0 saturated carbocycles. The zero-order chi connectivity index (χ0) is 24.4. The number of rotatable bonds is 7. The van der Waals surface area contributed by atoms with Crippen molar-refractivity contribution in [2.24, 2.45) is 0 Å². The van der Waals surface area contributed by atoms with Crippen LogP contribution in [0.5, 0.6) is 0 Å². The first-order chi connectivity index (χ1) is 17.1. The summed E-state index contributed by atoms with van der Waals surface area (Å²) >= 11 is 0. The van der Waals surface area contributed by atoms with Crippen molar-refractivity contribution in [2.75, 3.05) is 19.7 Å². The van der Waals surface area contributed by atoms with Gasteiger partial charge in [-0.25, -0.2) is 0 Å². The molecule has 0 spiro atoms. The molecule has 5 rings (SSSR count). The first kappa shape index (κ1) is 22.6. The van der Waals surface area contributed by atoms with E-state index in [2.05, 4.69) is 10.3 Å². The smallest absolute Gasteiger partial charge is 0.325 e. The van der Waals surface area contributed by atoms with E-state index in [1.165, 1.54) is 0 Å². The molecule has 1 unspecified atom stereocenters. The average Bonchev–Trinajstić information content (AvgIpc) is 3.12. The van der Waals surface area contributed by atoms with Gasteiger partial charge in [-0.05, 0) is 31.0 Å². The van der Waals surface area contributed by atoms with Gasteiger partial charge in [-0.1, -0.05) is 48.5 Å². The largest absolute Gasteiger partial charge is 0.465 e. The Morgan fingerprint density at radius 3 is 2.63 bits per heavy atom. The number of fused-ring (bicyclic) bond motifs is 3. The van der Waals surface area contributed by atoms with Gasteiger partial charge in [-0.3, -0.25) is 19.4 Å². The topological polar surface area (TPSA) is 93.5 Å². The fourth-order valence-electron chi connectivity index (χ4n) is 4.79. The van der Waals surface area contributed by atoms with Crippen LogP contribution >= 0.6 is 0 Å². The summed E-state index contributed by atoms with van der Waals surface area (Å²) in [6.45, 7) is 2.09. The van der Waals surface area contributed by atoms with Gasteiger partial charge in [0, 0.05) is 29.0 Å². The van der Waals surface area contributed by atoms with Crippen molar-refractivity contribution < 1.29 is 19.1 Å². The van der Waals surface area contributed by atoms with Gasteiger partial charge in [0.15, 0.2) is 6.04 Å². The zero-order valence-electron chi connectivity index (χ0n) is 19.4. The standard InChI is InChI=1S/C27H26N4O4/c1-2-35-23(33)16-29-27(34)26-24-25-20(12-14-28-24)19-10-6-7-11-21(19)31(25)17-22(32)30(26)15-13-18-8-4-3-5-9-18/h3-12,14,26H,2,13,15-17H2,1H3,(H,29,34). The number of nitrogens with zero attached hydrogens (tertiary/aromatic N) is 3. The van der Waals surface area contributed by atoms with Gasteiger partial charge in [-0.15, -0.1) is 0 Å². The third-order valence-corrected chi connectivity index (χ3v) is 6.34. The predicted octanol–water partition coefficient (Wildman–Crippen LogP) is 2.99. The van der Waals surface area contributed by atoms with Crippen LogP contribution in [-0.2, 0) is 32.1 Å². The third-order valence-electron chi connectivity index (χ3n) is 6.34. The molecule has 178 valence electrons. The van der Waals surface area contributed by atoms with Gasteiger partial charge in [0.25, 0.3) is 0 Å². The van der Waals surface area contributed by atoms with Crippen molar-refractivity contribution in [3.05, 3.63) is 78.1 Å². The normalized spacial score (nSPS) is 15.3. The summed E-state index contributed by atoms with van der Waals surface area (Å²) in [4.78, 5) is 45.3. The molecule has 1 N–H and O–H groups in total. The Morgan fingerprint density at radius 1 is 1.06 bits per heavy atom. The fraction of sp³-hybridized carbons (Fsp3) is 0.259. The van der Waals surface area contributed by atoms with Crippen LogP contribution in [0.1, 0.15) is 24.2 Å². The molecule has 2 amide bonds. The van der Waals surface area contributed by atoms with Crippen molar-refractivity contribution >= 4 is 39.6 Å². The molecule has 0 aliphatic carbocycles. The minimum atomic E-state index is -0.977.